The van der Waals surface area contributed by atoms with Gasteiger partial charge in [0.2, 0.25) is 0 Å². The maximum absolute atomic E-state index is 14.3. The van der Waals surface area contributed by atoms with Crippen LogP contribution in [-0.2, 0) is 0 Å². The van der Waals surface area contributed by atoms with Crippen molar-refractivity contribution in [2.75, 3.05) is 0 Å². The molecular weight excluding hydrogens is 603 g/mol. The predicted octanol–water partition coefficient (Wildman–Crippen LogP) is 8.81. The Bertz CT molecular complexity index is 2430. The SMILES string of the molecule is O=c1n(-c2ccccc2)c(=O)n2n1[C@@H]1C=C3C=CC1=C1C=CC(=C[C@@H]12)c1ccc(cc1)-c1ccc(cc1)-c1ccc(cc1)-c1ccc3cc1. The fourth-order valence-electron chi connectivity index (χ4n) is 7.71. The van der Waals surface area contributed by atoms with E-state index in [1.54, 1.807) is 21.5 Å². The first-order valence-electron chi connectivity index (χ1n) is 16.6. The van der Waals surface area contributed by atoms with E-state index in [-0.39, 0.29) is 11.4 Å². The molecule has 21 aliphatic rings. The fourth-order valence-corrected chi connectivity index (χ4v) is 7.71. The molecule has 5 heteroatoms. The largest absolute Gasteiger partial charge is 0.352 e. The van der Waals surface area contributed by atoms with Crippen LogP contribution in [-0.4, -0.2) is 13.9 Å². The van der Waals surface area contributed by atoms with Crippen molar-refractivity contribution in [1.82, 2.24) is 13.9 Å². The molecule has 0 radical (unpaired) electrons. The lowest BCUT2D eigenvalue weighted by molar-refractivity contribution is 0.394. The van der Waals surface area contributed by atoms with E-state index in [9.17, 15) is 9.59 Å². The highest BCUT2D eigenvalue weighted by Crippen LogP contribution is 2.43. The molecule has 14 bridgehead atoms. The molecule has 0 unspecified atom stereocenters. The summed E-state index contributed by atoms with van der Waals surface area (Å²) < 4.78 is 4.60. The topological polar surface area (TPSA) is 48.9 Å². The molecule has 1 aromatic heterocycles. The predicted molar refractivity (Wildman–Crippen MR) is 196 cm³/mol. The number of hydrogen-bond acceptors (Lipinski definition) is 2. The van der Waals surface area contributed by atoms with Crippen LogP contribution < -0.4 is 11.4 Å². The first-order chi connectivity index (χ1) is 24.1. The van der Waals surface area contributed by atoms with Gasteiger partial charge in [-0.15, -0.1) is 0 Å². The molecule has 0 fully saturated rings. The van der Waals surface area contributed by atoms with Gasteiger partial charge in [0.05, 0.1) is 17.8 Å². The Kier molecular flexibility index (Phi) is 5.94. The van der Waals surface area contributed by atoms with Crippen LogP contribution in [0.15, 0.2) is 185 Å². The second kappa shape index (κ2) is 10.5. The summed E-state index contributed by atoms with van der Waals surface area (Å²) >= 11 is 0. The van der Waals surface area contributed by atoms with E-state index in [0.717, 1.165) is 55.7 Å². The van der Waals surface area contributed by atoms with Gasteiger partial charge in [-0.1, -0.05) is 140 Å². The third kappa shape index (κ3) is 4.26. The summed E-state index contributed by atoms with van der Waals surface area (Å²) in [5.41, 5.74) is 12.9. The Morgan fingerprint density at radius 1 is 0.367 bits per heavy atom. The lowest BCUT2D eigenvalue weighted by atomic mass is 9.83. The molecule has 7 aliphatic heterocycles. The van der Waals surface area contributed by atoms with Gasteiger partial charge < -0.3 is 0 Å². The van der Waals surface area contributed by atoms with Gasteiger partial charge in [-0.3, -0.25) is 0 Å². The first-order valence-corrected chi connectivity index (χ1v) is 16.6. The molecule has 27 rings (SSSR count). The molecule has 8 heterocycles. The van der Waals surface area contributed by atoms with Crippen LogP contribution in [0.1, 0.15) is 23.2 Å². The Labute approximate surface area is 282 Å². The molecule has 14 aliphatic carbocycles. The second-order valence-electron chi connectivity index (χ2n) is 12.9. The fraction of sp³-hybridized carbons (Fsp3) is 0.0455. The molecular formula is C44H29N3O2. The van der Waals surface area contributed by atoms with E-state index in [1.165, 1.54) is 15.7 Å². The zero-order valence-corrected chi connectivity index (χ0v) is 26.4. The zero-order valence-electron chi connectivity index (χ0n) is 26.4. The normalized spacial score (nSPS) is 18.0. The van der Waals surface area contributed by atoms with Crippen LogP contribution in [0.5, 0.6) is 0 Å². The van der Waals surface area contributed by atoms with Crippen LogP contribution in [0.4, 0.5) is 0 Å². The van der Waals surface area contributed by atoms with Gasteiger partial charge in [-0.2, -0.15) is 0 Å². The molecule has 6 aromatic rings. The van der Waals surface area contributed by atoms with E-state index >= 15 is 0 Å². The summed E-state index contributed by atoms with van der Waals surface area (Å²) in [5.74, 6) is 0. The van der Waals surface area contributed by atoms with Crippen molar-refractivity contribution >= 4 is 11.1 Å². The van der Waals surface area contributed by atoms with Crippen LogP contribution >= 0.6 is 0 Å². The van der Waals surface area contributed by atoms with Gasteiger partial charge in [0.25, 0.3) is 0 Å². The molecule has 0 saturated heterocycles. The van der Waals surface area contributed by atoms with E-state index in [2.05, 4.69) is 134 Å². The third-order valence-corrected chi connectivity index (χ3v) is 10.3. The quantitative estimate of drug-likeness (QED) is 0.182. The molecule has 0 N–H and O–H groups in total. The smallest absolute Gasteiger partial charge is 0.245 e. The van der Waals surface area contributed by atoms with Crippen molar-refractivity contribution in [3.05, 3.63) is 207 Å². The minimum Gasteiger partial charge on any atom is -0.245 e. The minimum absolute atomic E-state index is 0.358. The van der Waals surface area contributed by atoms with Crippen molar-refractivity contribution in [1.29, 1.82) is 0 Å². The number of aromatic nitrogens is 3. The summed E-state index contributed by atoms with van der Waals surface area (Å²) in [6, 6.07) is 42.8. The Balaban J connectivity index is 1.20. The summed E-state index contributed by atoms with van der Waals surface area (Å²) in [5, 5.41) is 0. The van der Waals surface area contributed by atoms with E-state index in [4.69, 9.17) is 0 Å². The highest BCUT2D eigenvalue weighted by atomic mass is 16.2. The first kappa shape index (κ1) is 27.6. The lowest BCUT2D eigenvalue weighted by Crippen LogP contribution is -2.39. The zero-order chi connectivity index (χ0) is 32.6. The van der Waals surface area contributed by atoms with Gasteiger partial charge in [-0.05, 0) is 91.1 Å². The van der Waals surface area contributed by atoms with Gasteiger partial charge in [-0.25, -0.2) is 23.5 Å². The summed E-state index contributed by atoms with van der Waals surface area (Å²) in [4.78, 5) is 28.7. The highest BCUT2D eigenvalue weighted by Gasteiger charge is 2.37. The summed E-state index contributed by atoms with van der Waals surface area (Å²) in [7, 11) is 0. The van der Waals surface area contributed by atoms with Gasteiger partial charge >= 0.3 is 11.4 Å². The lowest BCUT2D eigenvalue weighted by Gasteiger charge is -2.35. The van der Waals surface area contributed by atoms with Crippen LogP contribution in [0.25, 0.3) is 50.2 Å². The van der Waals surface area contributed by atoms with Crippen LogP contribution in [0.3, 0.4) is 0 Å². The second-order valence-corrected chi connectivity index (χ2v) is 12.9. The van der Waals surface area contributed by atoms with Crippen LogP contribution in [0.2, 0.25) is 0 Å². The molecule has 232 valence electrons. The number of hydrogen-bond donors (Lipinski definition) is 0. The van der Waals surface area contributed by atoms with Crippen molar-refractivity contribution < 1.29 is 0 Å². The molecule has 0 amide bonds. The molecule has 5 nitrogen and oxygen atoms in total. The maximum atomic E-state index is 14.3. The number of allylic oxidation sites excluding steroid dienone is 10. The van der Waals surface area contributed by atoms with Gasteiger partial charge in [0.1, 0.15) is 0 Å². The minimum atomic E-state index is -0.445. The molecule has 2 atom stereocenters. The van der Waals surface area contributed by atoms with E-state index < -0.39 is 12.1 Å². The molecule has 0 saturated carbocycles. The number of rotatable bonds is 1. The summed E-state index contributed by atoms with van der Waals surface area (Å²) in [6.45, 7) is 0. The van der Waals surface area contributed by atoms with Crippen molar-refractivity contribution in [2.24, 2.45) is 0 Å². The van der Waals surface area contributed by atoms with Crippen molar-refractivity contribution in [3.63, 3.8) is 0 Å². The number of benzene rings is 5. The van der Waals surface area contributed by atoms with Crippen molar-refractivity contribution in [3.8, 4) is 39.1 Å². The molecule has 0 spiro atoms. The highest BCUT2D eigenvalue weighted by molar-refractivity contribution is 5.82. The molecule has 5 aromatic carbocycles. The maximum Gasteiger partial charge on any atom is 0.352 e. The standard InChI is InChI=1S/C44H29N3O2/c48-43-45(38-4-2-1-3-5-38)44(49)47-42-27-37-23-25-40(42)39-24-22-36(26-41(39)46(43)47)34-18-14-32(15-19-34)30-10-6-28(7-11-30)29-8-12-31(13-9-29)33-16-20-35(37)21-17-33/h1-27,41-42H/t41-,42+. The Morgan fingerprint density at radius 3 is 1.04 bits per heavy atom. The molecule has 49 heavy (non-hydrogen) atoms. The monoisotopic (exact) mass is 631 g/mol. The van der Waals surface area contributed by atoms with Crippen molar-refractivity contribution in [2.45, 2.75) is 12.1 Å². The average molecular weight is 632 g/mol. The van der Waals surface area contributed by atoms with E-state index in [1.807, 2.05) is 18.2 Å². The number of nitrogens with zero attached hydrogens (tertiary/aromatic N) is 3. The van der Waals surface area contributed by atoms with Gasteiger partial charge in [0.15, 0.2) is 0 Å². The van der Waals surface area contributed by atoms with Gasteiger partial charge in [0, 0.05) is 0 Å². The Hall–Kier alpha value is -6.46. The third-order valence-electron chi connectivity index (χ3n) is 10.3. The summed E-state index contributed by atoms with van der Waals surface area (Å²) in [6.07, 6.45) is 12.7. The average Bonchev–Trinajstić information content (AvgIpc) is 3.44. The Morgan fingerprint density at radius 2 is 0.694 bits per heavy atom. The number of para-hydroxylation sites is 1. The van der Waals surface area contributed by atoms with Crippen LogP contribution in [0, 0.1) is 0 Å². The van der Waals surface area contributed by atoms with E-state index in [0.29, 0.717) is 5.69 Å².